The van der Waals surface area contributed by atoms with E-state index in [0.717, 1.165) is 22.1 Å². The molecule has 0 saturated heterocycles. The Bertz CT molecular complexity index is 1260. The lowest BCUT2D eigenvalue weighted by atomic mass is 9.97. The van der Waals surface area contributed by atoms with Gasteiger partial charge >= 0.3 is 0 Å². The third kappa shape index (κ3) is 6.49. The van der Waals surface area contributed by atoms with Crippen LogP contribution in [0.1, 0.15) is 27.9 Å². The molecule has 4 rings (SSSR count). The van der Waals surface area contributed by atoms with Gasteiger partial charge in [0.2, 0.25) is 0 Å². The molecule has 0 amide bonds. The van der Waals surface area contributed by atoms with Crippen LogP contribution in [0.4, 0.5) is 0 Å². The van der Waals surface area contributed by atoms with Gasteiger partial charge in [-0.3, -0.25) is 4.79 Å². The molecular weight excluding hydrogens is 456 g/mol. The predicted molar refractivity (Wildman–Crippen MR) is 139 cm³/mol. The van der Waals surface area contributed by atoms with Gasteiger partial charge in [0, 0.05) is 31.1 Å². The number of rotatable bonds is 12. The number of fused-ring (bicyclic) bond motifs is 1. The Balaban J connectivity index is 1.22. The van der Waals surface area contributed by atoms with Crippen LogP contribution in [-0.2, 0) is 11.2 Å². The van der Waals surface area contributed by atoms with Crippen molar-refractivity contribution in [3.8, 4) is 11.5 Å². The molecule has 186 valence electrons. The Hall–Kier alpha value is -3.71. The van der Waals surface area contributed by atoms with Gasteiger partial charge in [-0.15, -0.1) is 0 Å². The number of ketones is 1. The second-order valence-electron chi connectivity index (χ2n) is 8.47. The van der Waals surface area contributed by atoms with E-state index in [4.69, 9.17) is 14.2 Å². The van der Waals surface area contributed by atoms with Crippen molar-refractivity contribution in [3.63, 3.8) is 0 Å². The van der Waals surface area contributed by atoms with E-state index in [1.54, 1.807) is 12.1 Å². The summed E-state index contributed by atoms with van der Waals surface area (Å²) in [6, 6.07) is 28.3. The SMILES string of the molecule is CO[C@@H](Cc1ccc(OCCCOc2ccc(C(=O)c3cccc4ccccc34)cc2)cc1)C(O)O. The number of hydrogen-bond donors (Lipinski definition) is 2. The lowest BCUT2D eigenvalue weighted by molar-refractivity contribution is -0.133. The van der Waals surface area contributed by atoms with Crippen LogP contribution in [0.25, 0.3) is 10.8 Å². The van der Waals surface area contributed by atoms with Crippen molar-refractivity contribution in [2.24, 2.45) is 0 Å². The second kappa shape index (κ2) is 12.3. The van der Waals surface area contributed by atoms with Crippen molar-refractivity contribution in [1.29, 1.82) is 0 Å². The molecule has 36 heavy (non-hydrogen) atoms. The largest absolute Gasteiger partial charge is 0.493 e. The third-order valence-electron chi connectivity index (χ3n) is 5.97. The fourth-order valence-corrected chi connectivity index (χ4v) is 3.98. The van der Waals surface area contributed by atoms with Gasteiger partial charge in [-0.25, -0.2) is 0 Å². The summed E-state index contributed by atoms with van der Waals surface area (Å²) in [5, 5.41) is 20.5. The Kier molecular flexibility index (Phi) is 8.68. The molecule has 2 N–H and O–H groups in total. The van der Waals surface area contributed by atoms with Gasteiger partial charge in [0.05, 0.1) is 13.2 Å². The second-order valence-corrected chi connectivity index (χ2v) is 8.47. The average molecular weight is 487 g/mol. The Morgan fingerprint density at radius 3 is 2.03 bits per heavy atom. The molecule has 0 aliphatic carbocycles. The highest BCUT2D eigenvalue weighted by Gasteiger charge is 2.16. The van der Waals surface area contributed by atoms with E-state index >= 15 is 0 Å². The fraction of sp³-hybridized carbons (Fsp3) is 0.233. The first-order valence-corrected chi connectivity index (χ1v) is 11.9. The molecule has 0 fully saturated rings. The van der Waals surface area contributed by atoms with Gasteiger partial charge < -0.3 is 24.4 Å². The molecule has 0 saturated carbocycles. The van der Waals surface area contributed by atoms with Gasteiger partial charge in [-0.2, -0.15) is 0 Å². The number of aliphatic hydroxyl groups is 2. The van der Waals surface area contributed by atoms with Crippen molar-refractivity contribution in [3.05, 3.63) is 108 Å². The fourth-order valence-electron chi connectivity index (χ4n) is 3.98. The smallest absolute Gasteiger partial charge is 0.193 e. The first kappa shape index (κ1) is 25.4. The number of aliphatic hydroxyl groups excluding tert-OH is 1. The van der Waals surface area contributed by atoms with Crippen molar-refractivity contribution in [2.75, 3.05) is 20.3 Å². The average Bonchev–Trinajstić information content (AvgIpc) is 2.91. The normalized spacial score (nSPS) is 12.0. The summed E-state index contributed by atoms with van der Waals surface area (Å²) in [5.74, 6) is 1.42. The molecule has 1 atom stereocenters. The molecule has 0 bridgehead atoms. The molecule has 6 nitrogen and oxygen atoms in total. The minimum absolute atomic E-state index is 0.0111. The summed E-state index contributed by atoms with van der Waals surface area (Å²) in [6.07, 6.45) is -1.10. The molecule has 0 radical (unpaired) electrons. The highest BCUT2D eigenvalue weighted by Crippen LogP contribution is 2.23. The summed E-state index contributed by atoms with van der Waals surface area (Å²) in [4.78, 5) is 13.0. The van der Waals surface area contributed by atoms with Gasteiger partial charge in [0.1, 0.15) is 17.6 Å². The number of methoxy groups -OCH3 is 1. The van der Waals surface area contributed by atoms with Crippen LogP contribution < -0.4 is 9.47 Å². The van der Waals surface area contributed by atoms with E-state index in [2.05, 4.69) is 0 Å². The molecule has 4 aromatic carbocycles. The van der Waals surface area contributed by atoms with Crippen LogP contribution >= 0.6 is 0 Å². The monoisotopic (exact) mass is 486 g/mol. The molecule has 4 aromatic rings. The maximum absolute atomic E-state index is 13.0. The number of hydrogen-bond acceptors (Lipinski definition) is 6. The number of ether oxygens (including phenoxy) is 3. The minimum Gasteiger partial charge on any atom is -0.493 e. The third-order valence-corrected chi connectivity index (χ3v) is 5.97. The van der Waals surface area contributed by atoms with Crippen LogP contribution in [0.2, 0.25) is 0 Å². The first-order valence-electron chi connectivity index (χ1n) is 11.9. The molecule has 0 aliphatic rings. The zero-order chi connectivity index (χ0) is 25.3. The molecule has 0 spiro atoms. The van der Waals surface area contributed by atoms with E-state index in [-0.39, 0.29) is 5.78 Å². The van der Waals surface area contributed by atoms with Crippen LogP contribution in [0.5, 0.6) is 11.5 Å². The highest BCUT2D eigenvalue weighted by atomic mass is 16.5. The summed E-state index contributed by atoms with van der Waals surface area (Å²) < 4.78 is 16.6. The summed E-state index contributed by atoms with van der Waals surface area (Å²) in [5.41, 5.74) is 2.24. The van der Waals surface area contributed by atoms with E-state index in [1.165, 1.54) is 7.11 Å². The Labute approximate surface area is 210 Å². The molecule has 6 heteroatoms. The van der Waals surface area contributed by atoms with Gasteiger partial charge in [0.15, 0.2) is 12.1 Å². The quantitative estimate of drug-likeness (QED) is 0.170. The zero-order valence-corrected chi connectivity index (χ0v) is 20.2. The van der Waals surface area contributed by atoms with Crippen LogP contribution in [0.3, 0.4) is 0 Å². The lowest BCUT2D eigenvalue weighted by Gasteiger charge is -2.17. The maximum atomic E-state index is 13.0. The van der Waals surface area contributed by atoms with Crippen molar-refractivity contribution in [1.82, 2.24) is 0 Å². The van der Waals surface area contributed by atoms with Gasteiger partial charge in [-0.05, 0) is 52.7 Å². The van der Waals surface area contributed by atoms with Crippen molar-refractivity contribution < 1.29 is 29.2 Å². The number of carbonyl (C=O) groups excluding carboxylic acids is 1. The van der Waals surface area contributed by atoms with E-state index in [1.807, 2.05) is 78.9 Å². The topological polar surface area (TPSA) is 85.2 Å². The highest BCUT2D eigenvalue weighted by molar-refractivity contribution is 6.16. The molecular formula is C30H30O6. The standard InChI is InChI=1S/C30H30O6/c1-34-28(30(32)33)20-21-10-14-24(15-11-21)35-18-5-19-36-25-16-12-23(13-17-25)29(31)27-9-4-7-22-6-2-3-8-26(22)27/h2-4,6-17,28,30,32-33H,5,18-20H2,1H3/t28-/m0/s1. The lowest BCUT2D eigenvalue weighted by Crippen LogP contribution is -2.29. The summed E-state index contributed by atoms with van der Waals surface area (Å²) in [7, 11) is 1.45. The van der Waals surface area contributed by atoms with Crippen LogP contribution in [-0.4, -0.2) is 48.7 Å². The predicted octanol–water partition coefficient (Wildman–Crippen LogP) is 4.79. The number of benzene rings is 4. The van der Waals surface area contributed by atoms with Gasteiger partial charge in [0.25, 0.3) is 0 Å². The number of carbonyl (C=O) groups is 1. The van der Waals surface area contributed by atoms with E-state index in [9.17, 15) is 15.0 Å². The summed E-state index contributed by atoms with van der Waals surface area (Å²) in [6.45, 7) is 0.978. The zero-order valence-electron chi connectivity index (χ0n) is 20.2. The van der Waals surface area contributed by atoms with Gasteiger partial charge in [-0.1, -0.05) is 54.6 Å². The van der Waals surface area contributed by atoms with E-state index in [0.29, 0.717) is 42.9 Å². The van der Waals surface area contributed by atoms with Crippen LogP contribution in [0.15, 0.2) is 91.0 Å². The summed E-state index contributed by atoms with van der Waals surface area (Å²) >= 11 is 0. The Morgan fingerprint density at radius 1 is 0.778 bits per heavy atom. The minimum atomic E-state index is -1.52. The molecule has 0 heterocycles. The maximum Gasteiger partial charge on any atom is 0.193 e. The Morgan fingerprint density at radius 2 is 1.39 bits per heavy atom. The molecule has 0 aromatic heterocycles. The van der Waals surface area contributed by atoms with E-state index < -0.39 is 12.4 Å². The molecule has 0 aliphatic heterocycles. The first-order chi connectivity index (χ1) is 17.5. The van der Waals surface area contributed by atoms with Crippen molar-refractivity contribution in [2.45, 2.75) is 25.2 Å². The van der Waals surface area contributed by atoms with Crippen LogP contribution in [0, 0.1) is 0 Å². The molecule has 0 unspecified atom stereocenters. The van der Waals surface area contributed by atoms with Crippen molar-refractivity contribution >= 4 is 16.6 Å².